The first-order valence-corrected chi connectivity index (χ1v) is 13.3. The molecule has 2 N–H and O–H groups in total. The van der Waals surface area contributed by atoms with Crippen LogP contribution in [0.25, 0.3) is 0 Å². The van der Waals surface area contributed by atoms with Gasteiger partial charge in [-0.3, -0.25) is 4.72 Å². The van der Waals surface area contributed by atoms with E-state index in [9.17, 15) is 8.42 Å². The van der Waals surface area contributed by atoms with Crippen LogP contribution >= 0.6 is 23.2 Å². The number of methoxy groups -OCH3 is 2. The lowest BCUT2D eigenvalue weighted by Crippen LogP contribution is -2.29. The topological polar surface area (TPSA) is 76.7 Å². The molecule has 35 heavy (non-hydrogen) atoms. The monoisotopic (exact) mass is 530 g/mol. The Morgan fingerprint density at radius 1 is 1.00 bits per heavy atom. The highest BCUT2D eigenvalue weighted by atomic mass is 35.5. The van der Waals surface area contributed by atoms with Crippen LogP contribution in [0.5, 0.6) is 11.5 Å². The summed E-state index contributed by atoms with van der Waals surface area (Å²) >= 11 is 13.1. The summed E-state index contributed by atoms with van der Waals surface area (Å²) in [5, 5.41) is 4.79. The van der Waals surface area contributed by atoms with Crippen LogP contribution < -0.4 is 19.5 Å². The highest BCUT2D eigenvalue weighted by Gasteiger charge is 2.40. The van der Waals surface area contributed by atoms with Crippen molar-refractivity contribution >= 4 is 44.6 Å². The molecule has 0 spiro atoms. The average Bonchev–Trinajstić information content (AvgIpc) is 3.34. The van der Waals surface area contributed by atoms with Crippen molar-refractivity contribution < 1.29 is 17.9 Å². The molecule has 6 nitrogen and oxygen atoms in total. The number of allylic oxidation sites excluding steroid dienone is 2. The van der Waals surface area contributed by atoms with Gasteiger partial charge in [-0.1, -0.05) is 41.4 Å². The third-order valence-electron chi connectivity index (χ3n) is 6.61. The molecule has 1 aliphatic heterocycles. The van der Waals surface area contributed by atoms with Gasteiger partial charge in [0.1, 0.15) is 11.5 Å². The smallest absolute Gasteiger partial charge is 0.262 e. The lowest BCUT2D eigenvalue weighted by Gasteiger charge is -2.38. The molecule has 0 bridgehead atoms. The second-order valence-corrected chi connectivity index (χ2v) is 11.0. The zero-order valence-electron chi connectivity index (χ0n) is 19.1. The summed E-state index contributed by atoms with van der Waals surface area (Å²) in [7, 11) is -0.858. The zero-order chi connectivity index (χ0) is 24.7. The van der Waals surface area contributed by atoms with Gasteiger partial charge in [0.15, 0.2) is 0 Å². The van der Waals surface area contributed by atoms with E-state index in [-0.39, 0.29) is 22.8 Å². The summed E-state index contributed by atoms with van der Waals surface area (Å²) in [4.78, 5) is 0.171. The molecule has 0 amide bonds. The zero-order valence-corrected chi connectivity index (χ0v) is 21.4. The van der Waals surface area contributed by atoms with E-state index in [1.165, 1.54) is 14.2 Å². The normalized spacial score (nSPS) is 20.5. The summed E-state index contributed by atoms with van der Waals surface area (Å²) in [6.45, 7) is 0. The number of hydrogen-bond donors (Lipinski definition) is 2. The molecule has 9 heteroatoms. The molecule has 1 aliphatic carbocycles. The van der Waals surface area contributed by atoms with E-state index < -0.39 is 10.0 Å². The van der Waals surface area contributed by atoms with Gasteiger partial charge in [0, 0.05) is 33.3 Å². The number of benzene rings is 3. The fourth-order valence-corrected chi connectivity index (χ4v) is 6.66. The molecular formula is C26H24Cl2N2O4S. The van der Waals surface area contributed by atoms with E-state index in [0.717, 1.165) is 23.2 Å². The van der Waals surface area contributed by atoms with Gasteiger partial charge in [-0.15, -0.1) is 0 Å². The summed E-state index contributed by atoms with van der Waals surface area (Å²) in [5.74, 6) is 1.13. The first-order chi connectivity index (χ1) is 16.8. The summed E-state index contributed by atoms with van der Waals surface area (Å²) in [6.07, 6.45) is 5.10. The van der Waals surface area contributed by atoms with Crippen LogP contribution in [0.2, 0.25) is 10.0 Å². The third-order valence-corrected chi connectivity index (χ3v) is 8.63. The molecule has 5 rings (SSSR count). The van der Waals surface area contributed by atoms with E-state index in [1.807, 2.05) is 18.2 Å². The van der Waals surface area contributed by atoms with E-state index in [2.05, 4.69) is 22.2 Å². The molecule has 1 heterocycles. The Labute approximate surface area is 214 Å². The van der Waals surface area contributed by atoms with E-state index in [4.69, 9.17) is 32.7 Å². The number of anilines is 2. The van der Waals surface area contributed by atoms with Gasteiger partial charge in [-0.25, -0.2) is 8.42 Å². The van der Waals surface area contributed by atoms with Crippen molar-refractivity contribution in [3.63, 3.8) is 0 Å². The maximum Gasteiger partial charge on any atom is 0.262 e. The molecule has 0 aromatic heterocycles. The van der Waals surface area contributed by atoms with Crippen LogP contribution in [-0.4, -0.2) is 22.6 Å². The summed E-state index contributed by atoms with van der Waals surface area (Å²) < 4.78 is 39.8. The minimum absolute atomic E-state index is 0.0364. The van der Waals surface area contributed by atoms with Crippen LogP contribution in [0.1, 0.15) is 29.5 Å². The third kappa shape index (κ3) is 4.33. The van der Waals surface area contributed by atoms with Crippen LogP contribution in [-0.2, 0) is 10.0 Å². The molecule has 3 atom stereocenters. The van der Waals surface area contributed by atoms with E-state index >= 15 is 0 Å². The number of hydrogen-bond acceptors (Lipinski definition) is 5. The molecule has 0 saturated carbocycles. The number of fused-ring (bicyclic) bond motifs is 3. The van der Waals surface area contributed by atoms with Crippen LogP contribution in [0.15, 0.2) is 71.6 Å². The number of rotatable bonds is 6. The van der Waals surface area contributed by atoms with Crippen molar-refractivity contribution in [1.29, 1.82) is 0 Å². The van der Waals surface area contributed by atoms with Gasteiger partial charge in [0.25, 0.3) is 10.0 Å². The molecule has 0 saturated heterocycles. The second-order valence-electron chi connectivity index (χ2n) is 8.53. The van der Waals surface area contributed by atoms with Crippen molar-refractivity contribution in [2.75, 3.05) is 24.3 Å². The fraction of sp³-hybridized carbons (Fsp3) is 0.231. The minimum Gasteiger partial charge on any atom is -0.497 e. The van der Waals surface area contributed by atoms with Crippen LogP contribution in [0.3, 0.4) is 0 Å². The van der Waals surface area contributed by atoms with Crippen LogP contribution in [0.4, 0.5) is 11.4 Å². The summed E-state index contributed by atoms with van der Waals surface area (Å²) in [5.41, 5.74) is 2.98. The predicted octanol–water partition coefficient (Wildman–Crippen LogP) is 6.64. The Bertz CT molecular complexity index is 1400. The molecule has 182 valence electrons. The molecule has 2 aliphatic rings. The van der Waals surface area contributed by atoms with Gasteiger partial charge < -0.3 is 14.8 Å². The van der Waals surface area contributed by atoms with Gasteiger partial charge >= 0.3 is 0 Å². The van der Waals surface area contributed by atoms with Gasteiger partial charge in [0.2, 0.25) is 0 Å². The lowest BCUT2D eigenvalue weighted by atomic mass is 9.77. The van der Waals surface area contributed by atoms with Crippen molar-refractivity contribution in [2.45, 2.75) is 23.3 Å². The van der Waals surface area contributed by atoms with E-state index in [1.54, 1.807) is 36.4 Å². The van der Waals surface area contributed by atoms with Crippen LogP contribution in [0, 0.1) is 5.92 Å². The van der Waals surface area contributed by atoms with Crippen molar-refractivity contribution in [3.05, 3.63) is 87.9 Å². The SMILES string of the molecule is COc1ccc(NS(=O)(=O)c2ccc3c(c2)[C@H]2C=CC[C@H]2[C@@H](c2c(Cl)cccc2Cl)N3)c(OC)c1. The molecule has 0 fully saturated rings. The molecule has 0 unspecified atom stereocenters. The number of ether oxygens (including phenoxy) is 2. The Balaban J connectivity index is 1.50. The van der Waals surface area contributed by atoms with E-state index in [0.29, 0.717) is 27.2 Å². The molecular weight excluding hydrogens is 507 g/mol. The van der Waals surface area contributed by atoms with Gasteiger partial charge in [-0.2, -0.15) is 0 Å². The first kappa shape index (κ1) is 23.9. The molecule has 3 aromatic rings. The van der Waals surface area contributed by atoms with Crippen molar-refractivity contribution in [1.82, 2.24) is 0 Å². The number of halogens is 2. The Hall–Kier alpha value is -2.87. The second kappa shape index (κ2) is 9.30. The highest BCUT2D eigenvalue weighted by Crippen LogP contribution is 2.52. The largest absolute Gasteiger partial charge is 0.497 e. The standard InChI is InChI=1S/C26H24Cl2N2O4S/c1-33-15-9-11-23(24(13-15)34-2)30-35(31,32)16-10-12-22-19(14-16)17-5-3-6-18(17)26(29-22)25-20(27)7-4-8-21(25)28/h3-5,7-14,17-18,26,29-30H,6H2,1-2H3/t17-,18+,26-/m0/s1. The molecule has 0 radical (unpaired) electrons. The maximum absolute atomic E-state index is 13.3. The first-order valence-electron chi connectivity index (χ1n) is 11.1. The predicted molar refractivity (Wildman–Crippen MR) is 140 cm³/mol. The van der Waals surface area contributed by atoms with Crippen molar-refractivity contribution in [2.24, 2.45) is 5.92 Å². The molecule has 3 aromatic carbocycles. The number of sulfonamides is 1. The minimum atomic E-state index is -3.87. The Morgan fingerprint density at radius 2 is 1.77 bits per heavy atom. The Morgan fingerprint density at radius 3 is 2.49 bits per heavy atom. The van der Waals surface area contributed by atoms with Gasteiger partial charge in [0.05, 0.1) is 30.8 Å². The summed E-state index contributed by atoms with van der Waals surface area (Å²) in [6, 6.07) is 15.5. The lowest BCUT2D eigenvalue weighted by molar-refractivity contribution is 0.395. The van der Waals surface area contributed by atoms with Crippen molar-refractivity contribution in [3.8, 4) is 11.5 Å². The highest BCUT2D eigenvalue weighted by molar-refractivity contribution is 7.92. The quantitative estimate of drug-likeness (QED) is 0.349. The Kier molecular flexibility index (Phi) is 6.34. The number of nitrogens with one attached hydrogen (secondary N) is 2. The fourth-order valence-electron chi connectivity index (χ4n) is 4.92. The maximum atomic E-state index is 13.3. The average molecular weight is 531 g/mol. The van der Waals surface area contributed by atoms with Gasteiger partial charge in [-0.05, 0) is 60.4 Å².